The van der Waals surface area contributed by atoms with Gasteiger partial charge in [0.15, 0.2) is 0 Å². The number of benzene rings is 1. The molecule has 0 spiro atoms. The number of hydrogen-bond donors (Lipinski definition) is 1. The molecule has 0 fully saturated rings. The molecular formula is C14H15F2NOS. The molecule has 1 unspecified atom stereocenters. The summed E-state index contributed by atoms with van der Waals surface area (Å²) < 4.78 is 30.4. The van der Waals surface area contributed by atoms with E-state index < -0.39 is 5.76 Å². The van der Waals surface area contributed by atoms with E-state index in [9.17, 15) is 8.78 Å². The van der Waals surface area contributed by atoms with Crippen LogP contribution in [0.2, 0.25) is 0 Å². The summed E-state index contributed by atoms with van der Waals surface area (Å²) in [5, 5.41) is 3.26. The summed E-state index contributed by atoms with van der Waals surface area (Å²) in [5.74, 6) is -1.62. The third kappa shape index (κ3) is 3.73. The Bertz CT molecular complexity index is 502. The summed E-state index contributed by atoms with van der Waals surface area (Å²) in [5.41, 5.74) is 0.705. The quantitative estimate of drug-likeness (QED) is 0.741. The lowest BCUT2D eigenvalue weighted by atomic mass is 10.1. The van der Waals surface area contributed by atoms with E-state index in [4.69, 9.17) is 4.42 Å². The van der Waals surface area contributed by atoms with Gasteiger partial charge in [0.25, 0.3) is 5.76 Å². The Balaban J connectivity index is 2.17. The average Bonchev–Trinajstić information content (AvgIpc) is 2.91. The number of rotatable bonds is 6. The van der Waals surface area contributed by atoms with Gasteiger partial charge in [-0.3, -0.25) is 0 Å². The fraction of sp³-hybridized carbons (Fsp3) is 0.286. The van der Waals surface area contributed by atoms with Gasteiger partial charge in [0, 0.05) is 10.6 Å². The van der Waals surface area contributed by atoms with Crippen LogP contribution in [-0.2, 0) is 0 Å². The standard InChI is InChI=1S/C14H15F2NOS/c1-2-10(12-7-5-9-18-12)17-11-6-3-4-8-13(11)19-14(15)16/h3-10,14,17H,2H2,1H3. The summed E-state index contributed by atoms with van der Waals surface area (Å²) in [7, 11) is 0. The van der Waals surface area contributed by atoms with Crippen molar-refractivity contribution >= 4 is 17.4 Å². The number of nitrogens with one attached hydrogen (secondary N) is 1. The molecule has 0 aliphatic heterocycles. The average molecular weight is 283 g/mol. The molecule has 102 valence electrons. The molecule has 0 saturated carbocycles. The predicted molar refractivity (Wildman–Crippen MR) is 73.7 cm³/mol. The van der Waals surface area contributed by atoms with Crippen LogP contribution in [-0.4, -0.2) is 5.76 Å². The molecule has 0 aliphatic carbocycles. The first-order valence-electron chi connectivity index (χ1n) is 6.04. The maximum atomic E-state index is 12.5. The number of furan rings is 1. The summed E-state index contributed by atoms with van der Waals surface area (Å²) >= 11 is 0.548. The Labute approximate surface area is 115 Å². The Kier molecular flexibility index (Phi) is 4.85. The highest BCUT2D eigenvalue weighted by Gasteiger charge is 2.15. The number of hydrogen-bond acceptors (Lipinski definition) is 3. The fourth-order valence-electron chi connectivity index (χ4n) is 1.84. The van der Waals surface area contributed by atoms with Crippen LogP contribution >= 0.6 is 11.8 Å². The Hall–Kier alpha value is -1.49. The molecule has 2 nitrogen and oxygen atoms in total. The van der Waals surface area contributed by atoms with Crippen LogP contribution in [0.1, 0.15) is 25.1 Å². The maximum absolute atomic E-state index is 12.5. The molecule has 0 radical (unpaired) electrons. The predicted octanol–water partition coefficient (Wildman–Crippen LogP) is 5.16. The first-order valence-corrected chi connectivity index (χ1v) is 6.92. The van der Waals surface area contributed by atoms with Crippen molar-refractivity contribution in [1.29, 1.82) is 0 Å². The first kappa shape index (κ1) is 13.9. The Morgan fingerprint density at radius 2 is 2.00 bits per heavy atom. The molecule has 19 heavy (non-hydrogen) atoms. The first-order chi connectivity index (χ1) is 9.20. The van der Waals surface area contributed by atoms with E-state index in [1.807, 2.05) is 25.1 Å². The van der Waals surface area contributed by atoms with Gasteiger partial charge in [-0.2, -0.15) is 8.78 Å². The minimum atomic E-state index is -2.42. The van der Waals surface area contributed by atoms with Crippen molar-refractivity contribution in [3.8, 4) is 0 Å². The van der Waals surface area contributed by atoms with Crippen molar-refractivity contribution in [3.05, 3.63) is 48.4 Å². The van der Waals surface area contributed by atoms with E-state index in [-0.39, 0.29) is 6.04 Å². The normalized spacial score (nSPS) is 12.6. The monoisotopic (exact) mass is 283 g/mol. The maximum Gasteiger partial charge on any atom is 0.288 e. The van der Waals surface area contributed by atoms with Crippen LogP contribution in [0, 0.1) is 0 Å². The summed E-state index contributed by atoms with van der Waals surface area (Å²) in [6.45, 7) is 2.02. The zero-order valence-electron chi connectivity index (χ0n) is 10.5. The second-order valence-corrected chi connectivity index (χ2v) is 5.03. The molecule has 1 aromatic carbocycles. The molecule has 5 heteroatoms. The molecule has 0 bridgehead atoms. The van der Waals surface area contributed by atoms with Crippen LogP contribution in [0.25, 0.3) is 0 Å². The van der Waals surface area contributed by atoms with Gasteiger partial charge in [-0.05, 0) is 30.7 Å². The van der Waals surface area contributed by atoms with E-state index in [0.717, 1.165) is 12.2 Å². The summed E-state index contributed by atoms with van der Waals surface area (Å²) in [6.07, 6.45) is 2.42. The Morgan fingerprint density at radius 1 is 1.21 bits per heavy atom. The molecule has 0 amide bonds. The van der Waals surface area contributed by atoms with E-state index in [2.05, 4.69) is 5.32 Å². The van der Waals surface area contributed by atoms with Gasteiger partial charge in [0.1, 0.15) is 5.76 Å². The van der Waals surface area contributed by atoms with Crippen molar-refractivity contribution in [2.75, 3.05) is 5.32 Å². The molecule has 2 aromatic rings. The number of alkyl halides is 2. The zero-order valence-corrected chi connectivity index (χ0v) is 11.3. The SMILES string of the molecule is CCC(Nc1ccccc1SC(F)F)c1ccco1. The third-order valence-electron chi connectivity index (χ3n) is 2.73. The molecule has 1 atom stereocenters. The van der Waals surface area contributed by atoms with Gasteiger partial charge in [-0.1, -0.05) is 30.8 Å². The van der Waals surface area contributed by atoms with Crippen LogP contribution in [0.3, 0.4) is 0 Å². The van der Waals surface area contributed by atoms with Gasteiger partial charge in [0.05, 0.1) is 12.3 Å². The smallest absolute Gasteiger partial charge is 0.288 e. The van der Waals surface area contributed by atoms with Crippen molar-refractivity contribution < 1.29 is 13.2 Å². The van der Waals surface area contributed by atoms with Crippen molar-refractivity contribution in [3.63, 3.8) is 0 Å². The second-order valence-electron chi connectivity index (χ2n) is 4.00. The van der Waals surface area contributed by atoms with E-state index in [1.54, 1.807) is 24.5 Å². The van der Waals surface area contributed by atoms with Gasteiger partial charge in [-0.15, -0.1) is 0 Å². The molecule has 2 rings (SSSR count). The highest BCUT2D eigenvalue weighted by atomic mass is 32.2. The molecule has 0 aliphatic rings. The molecule has 1 N–H and O–H groups in total. The summed E-state index contributed by atoms with van der Waals surface area (Å²) in [6, 6.07) is 10.7. The van der Waals surface area contributed by atoms with E-state index in [0.29, 0.717) is 22.3 Å². The number of thioether (sulfide) groups is 1. The van der Waals surface area contributed by atoms with Gasteiger partial charge in [-0.25, -0.2) is 0 Å². The van der Waals surface area contributed by atoms with Crippen molar-refractivity contribution in [2.24, 2.45) is 0 Å². The topological polar surface area (TPSA) is 25.2 Å². The van der Waals surface area contributed by atoms with Crippen LogP contribution in [0.4, 0.5) is 14.5 Å². The van der Waals surface area contributed by atoms with Gasteiger partial charge < -0.3 is 9.73 Å². The van der Waals surface area contributed by atoms with Gasteiger partial charge >= 0.3 is 0 Å². The molecular weight excluding hydrogens is 268 g/mol. The fourth-order valence-corrected chi connectivity index (χ4v) is 2.44. The minimum Gasteiger partial charge on any atom is -0.467 e. The highest BCUT2D eigenvalue weighted by molar-refractivity contribution is 7.99. The highest BCUT2D eigenvalue weighted by Crippen LogP contribution is 2.34. The Morgan fingerprint density at radius 3 is 2.63 bits per heavy atom. The lowest BCUT2D eigenvalue weighted by Crippen LogP contribution is -2.09. The third-order valence-corrected chi connectivity index (χ3v) is 3.52. The summed E-state index contributed by atoms with van der Waals surface area (Å²) in [4.78, 5) is 0.544. The number of halogens is 2. The van der Waals surface area contributed by atoms with Crippen LogP contribution in [0.5, 0.6) is 0 Å². The van der Waals surface area contributed by atoms with Crippen molar-refractivity contribution in [2.45, 2.75) is 30.0 Å². The van der Waals surface area contributed by atoms with E-state index in [1.165, 1.54) is 0 Å². The van der Waals surface area contributed by atoms with Crippen LogP contribution in [0.15, 0.2) is 52.0 Å². The lowest BCUT2D eigenvalue weighted by molar-refractivity contribution is 0.252. The largest absolute Gasteiger partial charge is 0.467 e. The van der Waals surface area contributed by atoms with Gasteiger partial charge in [0.2, 0.25) is 0 Å². The molecule has 1 aromatic heterocycles. The number of anilines is 1. The zero-order chi connectivity index (χ0) is 13.7. The van der Waals surface area contributed by atoms with Crippen molar-refractivity contribution in [1.82, 2.24) is 0 Å². The second kappa shape index (κ2) is 6.61. The van der Waals surface area contributed by atoms with Crippen LogP contribution < -0.4 is 5.32 Å². The number of para-hydroxylation sites is 1. The lowest BCUT2D eigenvalue weighted by Gasteiger charge is -2.18. The molecule has 0 saturated heterocycles. The molecule has 1 heterocycles. The minimum absolute atomic E-state index is 0.0191. The van der Waals surface area contributed by atoms with E-state index >= 15 is 0 Å².